The number of hydrogen-bond acceptors (Lipinski definition) is 4. The topological polar surface area (TPSA) is 58.6 Å². The molecule has 0 radical (unpaired) electrons. The number of anilines is 1. The van der Waals surface area contributed by atoms with Gasteiger partial charge in [-0.1, -0.05) is 0 Å². The van der Waals surface area contributed by atoms with Crippen molar-refractivity contribution in [3.8, 4) is 5.75 Å². The Hall–Kier alpha value is -2.61. The van der Waals surface area contributed by atoms with Gasteiger partial charge in [0.05, 0.1) is 5.75 Å². The Balaban J connectivity index is 1.88. The molecule has 2 amide bonds. The van der Waals surface area contributed by atoms with E-state index in [1.165, 1.54) is 11.0 Å². The Labute approximate surface area is 160 Å². The van der Waals surface area contributed by atoms with Crippen LogP contribution in [0.4, 0.5) is 19.3 Å². The Morgan fingerprint density at radius 2 is 1.78 bits per heavy atom. The molecule has 0 saturated heterocycles. The summed E-state index contributed by atoms with van der Waals surface area (Å²) in [6.45, 7) is 3.74. The quantitative estimate of drug-likeness (QED) is 0.453. The number of carbonyl (C=O) groups is 2. The van der Waals surface area contributed by atoms with Crippen LogP contribution in [0.5, 0.6) is 5.75 Å². The van der Waals surface area contributed by atoms with Gasteiger partial charge in [0.15, 0.2) is 11.6 Å². The Morgan fingerprint density at radius 1 is 1.11 bits per heavy atom. The summed E-state index contributed by atoms with van der Waals surface area (Å²) in [5.41, 5.74) is 0.643. The predicted molar refractivity (Wildman–Crippen MR) is 101 cm³/mol. The first kappa shape index (κ1) is 20.7. The van der Waals surface area contributed by atoms with Gasteiger partial charge >= 0.3 is 12.0 Å². The number of amides is 2. The fraction of sp³-hybridized carbons (Fsp3) is 0.263. The third-order valence-electron chi connectivity index (χ3n) is 3.42. The SMILES string of the molecule is CC(C)NC(=O)N(C)c1ccc(OC(=O)CSc2ccc(F)c(F)c2)cc1. The van der Waals surface area contributed by atoms with Gasteiger partial charge in [0.2, 0.25) is 0 Å². The van der Waals surface area contributed by atoms with Gasteiger partial charge in [-0.2, -0.15) is 0 Å². The largest absolute Gasteiger partial charge is 0.426 e. The highest BCUT2D eigenvalue weighted by molar-refractivity contribution is 8.00. The van der Waals surface area contributed by atoms with Gasteiger partial charge < -0.3 is 10.1 Å². The maximum absolute atomic E-state index is 13.1. The minimum absolute atomic E-state index is 0.0206. The van der Waals surface area contributed by atoms with Crippen LogP contribution in [0.3, 0.4) is 0 Å². The van der Waals surface area contributed by atoms with E-state index in [9.17, 15) is 18.4 Å². The van der Waals surface area contributed by atoms with Crippen LogP contribution < -0.4 is 15.0 Å². The number of halogens is 2. The number of esters is 1. The Kier molecular flexibility index (Phi) is 7.18. The van der Waals surface area contributed by atoms with Gasteiger partial charge in [0, 0.05) is 23.7 Å². The number of nitrogens with zero attached hydrogens (tertiary/aromatic N) is 1. The first-order valence-electron chi connectivity index (χ1n) is 8.19. The lowest BCUT2D eigenvalue weighted by Crippen LogP contribution is -2.40. The van der Waals surface area contributed by atoms with Crippen molar-refractivity contribution in [2.24, 2.45) is 0 Å². The highest BCUT2D eigenvalue weighted by Gasteiger charge is 2.13. The molecule has 27 heavy (non-hydrogen) atoms. The molecule has 2 aromatic rings. The van der Waals surface area contributed by atoms with Crippen molar-refractivity contribution in [2.75, 3.05) is 17.7 Å². The van der Waals surface area contributed by atoms with Gasteiger partial charge in [-0.3, -0.25) is 9.69 Å². The molecule has 1 N–H and O–H groups in total. The molecule has 2 rings (SSSR count). The minimum atomic E-state index is -0.963. The average Bonchev–Trinajstić information content (AvgIpc) is 2.62. The summed E-state index contributed by atoms with van der Waals surface area (Å²) in [6, 6.07) is 9.68. The number of rotatable bonds is 6. The zero-order chi connectivity index (χ0) is 20.0. The lowest BCUT2D eigenvalue weighted by Gasteiger charge is -2.20. The molecular formula is C19H20F2N2O3S. The zero-order valence-corrected chi connectivity index (χ0v) is 16.0. The van der Waals surface area contributed by atoms with Crippen molar-refractivity contribution in [3.05, 3.63) is 54.1 Å². The predicted octanol–water partition coefficient (Wildman–Crippen LogP) is 4.22. The second kappa shape index (κ2) is 9.36. The van der Waals surface area contributed by atoms with E-state index in [2.05, 4.69) is 5.32 Å². The molecule has 0 bridgehead atoms. The summed E-state index contributed by atoms with van der Waals surface area (Å²) in [6.07, 6.45) is 0. The molecule has 144 valence electrons. The number of carbonyl (C=O) groups excluding carboxylic acids is 2. The molecule has 0 aromatic heterocycles. The fourth-order valence-electron chi connectivity index (χ4n) is 2.07. The minimum Gasteiger partial charge on any atom is -0.426 e. The van der Waals surface area contributed by atoms with Crippen molar-refractivity contribution in [3.63, 3.8) is 0 Å². The molecule has 0 saturated carbocycles. The molecule has 5 nitrogen and oxygen atoms in total. The van der Waals surface area contributed by atoms with Gasteiger partial charge in [0.25, 0.3) is 0 Å². The standard InChI is InChI=1S/C19H20F2N2O3S/c1-12(2)22-19(25)23(3)13-4-6-14(7-5-13)26-18(24)11-27-15-8-9-16(20)17(21)10-15/h4-10,12H,11H2,1-3H3,(H,22,25). The summed E-state index contributed by atoms with van der Waals surface area (Å²) >= 11 is 1.05. The Morgan fingerprint density at radius 3 is 2.37 bits per heavy atom. The maximum Gasteiger partial charge on any atom is 0.321 e. The van der Waals surface area contributed by atoms with E-state index in [-0.39, 0.29) is 17.8 Å². The molecule has 8 heteroatoms. The average molecular weight is 394 g/mol. The molecular weight excluding hydrogens is 374 g/mol. The van der Waals surface area contributed by atoms with Crippen LogP contribution in [0.1, 0.15) is 13.8 Å². The fourth-order valence-corrected chi connectivity index (χ4v) is 2.76. The number of ether oxygens (including phenoxy) is 1. The van der Waals surface area contributed by atoms with Crippen LogP contribution in [0.25, 0.3) is 0 Å². The number of nitrogens with one attached hydrogen (secondary N) is 1. The van der Waals surface area contributed by atoms with Crippen LogP contribution in [0.15, 0.2) is 47.4 Å². The normalized spacial score (nSPS) is 10.6. The van der Waals surface area contributed by atoms with E-state index in [1.807, 2.05) is 13.8 Å². The molecule has 0 aliphatic rings. The number of urea groups is 1. The van der Waals surface area contributed by atoms with Gasteiger partial charge in [-0.15, -0.1) is 11.8 Å². The van der Waals surface area contributed by atoms with E-state index in [1.54, 1.807) is 31.3 Å². The monoisotopic (exact) mass is 394 g/mol. The van der Waals surface area contributed by atoms with Gasteiger partial charge in [-0.05, 0) is 56.3 Å². The number of benzene rings is 2. The highest BCUT2D eigenvalue weighted by atomic mass is 32.2. The molecule has 0 unspecified atom stereocenters. The lowest BCUT2D eigenvalue weighted by atomic mass is 10.3. The van der Waals surface area contributed by atoms with Crippen LogP contribution in [-0.2, 0) is 4.79 Å². The molecule has 0 fully saturated rings. The smallest absolute Gasteiger partial charge is 0.321 e. The van der Waals surface area contributed by atoms with E-state index < -0.39 is 17.6 Å². The summed E-state index contributed by atoms with van der Waals surface area (Å²) in [7, 11) is 1.64. The highest BCUT2D eigenvalue weighted by Crippen LogP contribution is 2.22. The zero-order valence-electron chi connectivity index (χ0n) is 15.2. The van der Waals surface area contributed by atoms with Crippen molar-refractivity contribution in [1.82, 2.24) is 5.32 Å². The summed E-state index contributed by atoms with van der Waals surface area (Å²) in [5, 5.41) is 2.78. The van der Waals surface area contributed by atoms with Crippen LogP contribution in [0, 0.1) is 11.6 Å². The van der Waals surface area contributed by atoms with Crippen LogP contribution >= 0.6 is 11.8 Å². The van der Waals surface area contributed by atoms with Crippen molar-refractivity contribution >= 4 is 29.4 Å². The van der Waals surface area contributed by atoms with Crippen LogP contribution in [0.2, 0.25) is 0 Å². The molecule has 0 atom stereocenters. The third-order valence-corrected chi connectivity index (χ3v) is 4.39. The second-order valence-corrected chi connectivity index (χ2v) is 7.04. The van der Waals surface area contributed by atoms with E-state index in [4.69, 9.17) is 4.74 Å². The number of thioether (sulfide) groups is 1. The first-order valence-corrected chi connectivity index (χ1v) is 9.17. The molecule has 0 aliphatic carbocycles. The number of hydrogen-bond donors (Lipinski definition) is 1. The van der Waals surface area contributed by atoms with E-state index in [0.29, 0.717) is 16.3 Å². The maximum atomic E-state index is 13.1. The van der Waals surface area contributed by atoms with E-state index >= 15 is 0 Å². The van der Waals surface area contributed by atoms with Crippen molar-refractivity contribution < 1.29 is 23.1 Å². The van der Waals surface area contributed by atoms with Gasteiger partial charge in [-0.25, -0.2) is 13.6 Å². The summed E-state index contributed by atoms with van der Waals surface area (Å²) in [4.78, 5) is 25.7. The molecule has 2 aromatic carbocycles. The first-order chi connectivity index (χ1) is 12.8. The van der Waals surface area contributed by atoms with Gasteiger partial charge in [0.1, 0.15) is 5.75 Å². The molecule has 0 aliphatic heterocycles. The van der Waals surface area contributed by atoms with E-state index in [0.717, 1.165) is 23.9 Å². The lowest BCUT2D eigenvalue weighted by molar-refractivity contribution is -0.131. The molecule has 0 spiro atoms. The Bertz CT molecular complexity index is 813. The second-order valence-electron chi connectivity index (χ2n) is 6.00. The van der Waals surface area contributed by atoms with Crippen LogP contribution in [-0.4, -0.2) is 30.8 Å². The molecule has 0 heterocycles. The third kappa shape index (κ3) is 6.25. The van der Waals surface area contributed by atoms with Crippen molar-refractivity contribution in [1.29, 1.82) is 0 Å². The summed E-state index contributed by atoms with van der Waals surface area (Å²) in [5.74, 6) is -2.15. The van der Waals surface area contributed by atoms with Crippen molar-refractivity contribution in [2.45, 2.75) is 24.8 Å². The summed E-state index contributed by atoms with van der Waals surface area (Å²) < 4.78 is 31.2.